The molecule has 2 amide bonds. The van der Waals surface area contributed by atoms with Crippen LogP contribution in [0.25, 0.3) is 0 Å². The van der Waals surface area contributed by atoms with Crippen molar-refractivity contribution in [3.63, 3.8) is 0 Å². The molecule has 3 rings (SSSR count). The number of carbonyl (C=O) groups excluding carboxylic acids is 2. The predicted octanol–water partition coefficient (Wildman–Crippen LogP) is 5.30. The van der Waals surface area contributed by atoms with E-state index in [2.05, 4.69) is 15.6 Å². The van der Waals surface area contributed by atoms with Gasteiger partial charge in [-0.1, -0.05) is 6.07 Å². The Morgan fingerprint density at radius 1 is 1.21 bits per heavy atom. The number of thioether (sulfide) groups is 1. The number of aromatic nitrogens is 1. The van der Waals surface area contributed by atoms with E-state index in [0.29, 0.717) is 18.6 Å². The monoisotopic (exact) mass is 493 g/mol. The summed E-state index contributed by atoms with van der Waals surface area (Å²) in [6, 6.07) is 8.55. The molecule has 178 valence electrons. The molecule has 1 fully saturated rings. The van der Waals surface area contributed by atoms with Gasteiger partial charge in [-0.2, -0.15) is 0 Å². The Kier molecular flexibility index (Phi) is 9.38. The maximum atomic E-state index is 13.9. The van der Waals surface area contributed by atoms with Gasteiger partial charge in [0.1, 0.15) is 17.1 Å². The summed E-state index contributed by atoms with van der Waals surface area (Å²) in [5.41, 5.74) is 0.0511. The first-order valence-electron chi connectivity index (χ1n) is 11.1. The molecule has 0 spiro atoms. The Hall–Kier alpha value is -2.32. The topological polar surface area (TPSA) is 80.3 Å². The fourth-order valence-corrected chi connectivity index (χ4v) is 4.28. The Morgan fingerprint density at radius 2 is 1.91 bits per heavy atom. The van der Waals surface area contributed by atoms with Crippen molar-refractivity contribution in [1.82, 2.24) is 15.6 Å². The Labute approximate surface area is 203 Å². The largest absolute Gasteiger partial charge is 0.438 e. The zero-order valence-electron chi connectivity index (χ0n) is 18.8. The molecule has 1 heterocycles. The van der Waals surface area contributed by atoms with Crippen LogP contribution in [0.1, 0.15) is 55.8 Å². The van der Waals surface area contributed by atoms with Gasteiger partial charge < -0.3 is 15.4 Å². The van der Waals surface area contributed by atoms with E-state index in [1.54, 1.807) is 17.8 Å². The second kappa shape index (κ2) is 12.2. The first-order valence-corrected chi connectivity index (χ1v) is 12.7. The minimum atomic E-state index is -0.608. The average Bonchev–Trinajstić information content (AvgIpc) is 2.80. The van der Waals surface area contributed by atoms with E-state index in [4.69, 9.17) is 16.3 Å². The van der Waals surface area contributed by atoms with Crippen molar-refractivity contribution in [3.8, 4) is 11.6 Å². The second-order valence-electron chi connectivity index (χ2n) is 8.20. The third-order valence-corrected chi connectivity index (χ3v) is 6.46. The van der Waals surface area contributed by atoms with Crippen LogP contribution >= 0.6 is 23.4 Å². The molecular weight excluding hydrogens is 465 g/mol. The van der Waals surface area contributed by atoms with E-state index >= 15 is 0 Å². The summed E-state index contributed by atoms with van der Waals surface area (Å²) in [7, 11) is 0. The lowest BCUT2D eigenvalue weighted by Crippen LogP contribution is -2.43. The average molecular weight is 494 g/mol. The van der Waals surface area contributed by atoms with Crippen LogP contribution in [0.4, 0.5) is 4.39 Å². The molecule has 0 aliphatic heterocycles. The van der Waals surface area contributed by atoms with Crippen molar-refractivity contribution >= 4 is 35.2 Å². The molecule has 0 bridgehead atoms. The maximum Gasteiger partial charge on any atom is 0.257 e. The van der Waals surface area contributed by atoms with Gasteiger partial charge in [-0.3, -0.25) is 9.59 Å². The van der Waals surface area contributed by atoms with Crippen LogP contribution in [-0.4, -0.2) is 40.5 Å². The maximum absolute atomic E-state index is 13.9. The molecule has 33 heavy (non-hydrogen) atoms. The molecule has 1 aliphatic carbocycles. The van der Waals surface area contributed by atoms with Crippen LogP contribution in [0.15, 0.2) is 41.4 Å². The summed E-state index contributed by atoms with van der Waals surface area (Å²) in [6.45, 7) is 1.87. The number of halogens is 2. The summed E-state index contributed by atoms with van der Waals surface area (Å²) < 4.78 is 19.7. The van der Waals surface area contributed by atoms with Crippen molar-refractivity contribution in [1.29, 1.82) is 0 Å². The van der Waals surface area contributed by atoms with Gasteiger partial charge >= 0.3 is 0 Å². The van der Waals surface area contributed by atoms with Crippen LogP contribution in [0.2, 0.25) is 0 Å². The van der Waals surface area contributed by atoms with Crippen LogP contribution in [0, 0.1) is 5.82 Å². The highest BCUT2D eigenvalue weighted by atomic mass is 35.5. The van der Waals surface area contributed by atoms with E-state index in [0.717, 1.165) is 42.8 Å². The van der Waals surface area contributed by atoms with E-state index in [1.165, 1.54) is 0 Å². The fraction of sp³-hybridized carbons (Fsp3) is 0.458. The van der Waals surface area contributed by atoms with E-state index < -0.39 is 11.7 Å². The molecule has 2 N–H and O–H groups in total. The zero-order chi connectivity index (χ0) is 23.8. The first-order chi connectivity index (χ1) is 15.8. The summed E-state index contributed by atoms with van der Waals surface area (Å²) in [4.78, 5) is 29.9. The Morgan fingerprint density at radius 3 is 2.58 bits per heavy atom. The molecule has 9 heteroatoms. The number of nitrogens with one attached hydrogen (secondary N) is 2. The highest BCUT2D eigenvalue weighted by Gasteiger charge is 2.25. The number of nitrogens with zero attached hydrogens (tertiary/aromatic N) is 1. The van der Waals surface area contributed by atoms with E-state index in [9.17, 15) is 14.0 Å². The molecule has 0 radical (unpaired) electrons. The number of hydrogen-bond donors (Lipinski definition) is 2. The number of carbonyl (C=O) groups is 2. The number of benzene rings is 1. The molecule has 1 unspecified atom stereocenters. The third kappa shape index (κ3) is 7.89. The van der Waals surface area contributed by atoms with Crippen molar-refractivity contribution in [2.75, 3.05) is 6.26 Å². The molecule has 2 aromatic rings. The summed E-state index contributed by atoms with van der Waals surface area (Å²) >= 11 is 7.47. The van der Waals surface area contributed by atoms with Gasteiger partial charge in [0.15, 0.2) is 0 Å². The summed E-state index contributed by atoms with van der Waals surface area (Å²) in [6.07, 6.45) is 7.01. The van der Waals surface area contributed by atoms with Gasteiger partial charge in [0, 0.05) is 28.8 Å². The summed E-state index contributed by atoms with van der Waals surface area (Å²) in [5.74, 6) is -0.450. The molecule has 1 saturated carbocycles. The van der Waals surface area contributed by atoms with Crippen LogP contribution in [0.5, 0.6) is 11.6 Å². The quantitative estimate of drug-likeness (QED) is 0.366. The minimum Gasteiger partial charge on any atom is -0.438 e. The highest BCUT2D eigenvalue weighted by molar-refractivity contribution is 7.98. The van der Waals surface area contributed by atoms with Crippen molar-refractivity contribution < 1.29 is 18.7 Å². The Bertz CT molecular complexity index is 968. The molecule has 6 nitrogen and oxygen atoms in total. The van der Waals surface area contributed by atoms with Gasteiger partial charge in [-0.15, -0.1) is 23.4 Å². The number of hydrogen-bond acceptors (Lipinski definition) is 5. The van der Waals surface area contributed by atoms with Crippen molar-refractivity contribution in [2.45, 2.75) is 67.8 Å². The summed E-state index contributed by atoms with van der Waals surface area (Å²) in [5, 5.41) is 5.98. The smallest absolute Gasteiger partial charge is 0.257 e. The lowest BCUT2D eigenvalue weighted by molar-refractivity contribution is -0.122. The van der Waals surface area contributed by atoms with Gasteiger partial charge in [-0.25, -0.2) is 9.37 Å². The Balaban J connectivity index is 1.57. The van der Waals surface area contributed by atoms with Gasteiger partial charge in [0.2, 0.25) is 11.8 Å². The van der Waals surface area contributed by atoms with Gasteiger partial charge in [0.05, 0.1) is 6.20 Å². The normalized spacial score (nSPS) is 18.9. The number of pyridine rings is 1. The van der Waals surface area contributed by atoms with E-state index in [1.807, 2.05) is 31.4 Å². The fourth-order valence-electron chi connectivity index (χ4n) is 3.72. The number of ether oxygens (including phenoxy) is 1. The first kappa shape index (κ1) is 25.3. The third-order valence-electron chi connectivity index (χ3n) is 5.51. The minimum absolute atomic E-state index is 0.00755. The standard InChI is InChI=1S/C24H29ClFN3O3S/c1-15(25)6-11-22(30)28-17-7-9-18(10-8-17)29-23(31)21-12-16(26)14-27-24(21)32-19-4-3-5-20(13-19)33-2/h3-5,12-15,17-18H,6-11H2,1-2H3,(H,28,30)(H,29,31)/t15?,17-,18+. The zero-order valence-corrected chi connectivity index (χ0v) is 20.3. The van der Waals surface area contributed by atoms with Gasteiger partial charge in [-0.05, 0) is 69.5 Å². The van der Waals surface area contributed by atoms with Gasteiger partial charge in [0.25, 0.3) is 5.91 Å². The molecule has 1 atom stereocenters. The lowest BCUT2D eigenvalue weighted by atomic mass is 9.91. The van der Waals surface area contributed by atoms with Crippen LogP contribution < -0.4 is 15.4 Å². The van der Waals surface area contributed by atoms with Crippen molar-refractivity contribution in [3.05, 3.63) is 47.9 Å². The molecule has 1 aromatic heterocycles. The van der Waals surface area contributed by atoms with Crippen molar-refractivity contribution in [2.24, 2.45) is 0 Å². The van der Waals surface area contributed by atoms with E-state index in [-0.39, 0.29) is 34.8 Å². The lowest BCUT2D eigenvalue weighted by Gasteiger charge is -2.29. The molecular formula is C24H29ClFN3O3S. The number of rotatable bonds is 9. The van der Waals surface area contributed by atoms with Crippen LogP contribution in [-0.2, 0) is 4.79 Å². The molecule has 1 aromatic carbocycles. The highest BCUT2D eigenvalue weighted by Crippen LogP contribution is 2.28. The number of amides is 2. The SMILES string of the molecule is CSc1cccc(Oc2ncc(F)cc2C(=O)N[C@H]2CC[C@@H](NC(=O)CCC(C)Cl)CC2)c1. The van der Waals surface area contributed by atoms with Crippen LogP contribution in [0.3, 0.4) is 0 Å². The molecule has 0 saturated heterocycles. The second-order valence-corrected chi connectivity index (χ2v) is 9.82. The predicted molar refractivity (Wildman–Crippen MR) is 129 cm³/mol. The number of alkyl halides is 1. The molecule has 1 aliphatic rings.